The van der Waals surface area contributed by atoms with Gasteiger partial charge in [0, 0.05) is 16.0 Å². The molecule has 0 amide bonds. The van der Waals surface area contributed by atoms with Gasteiger partial charge in [0.05, 0.1) is 33.5 Å². The molecule has 2 aliphatic heterocycles. The largest absolute Gasteiger partial charge is 0.496 e. The van der Waals surface area contributed by atoms with Gasteiger partial charge in [-0.05, 0) is 58.4 Å². The summed E-state index contributed by atoms with van der Waals surface area (Å²) in [6.07, 6.45) is 0. The zero-order chi connectivity index (χ0) is 22.7. The van der Waals surface area contributed by atoms with E-state index in [2.05, 4.69) is 52.2 Å². The number of rotatable bonds is 2. The number of aliphatic hydroxyl groups excluding tert-OH is 1. The Hall–Kier alpha value is -1.85. The molecule has 1 N–H and O–H groups in total. The van der Waals surface area contributed by atoms with E-state index in [4.69, 9.17) is 14.7 Å². The van der Waals surface area contributed by atoms with E-state index in [9.17, 15) is 5.11 Å². The summed E-state index contributed by atoms with van der Waals surface area (Å²) in [6.45, 7) is 13.8. The van der Waals surface area contributed by atoms with Gasteiger partial charge < -0.3 is 9.84 Å². The van der Waals surface area contributed by atoms with Crippen LogP contribution < -0.4 is 25.7 Å². The molecule has 4 nitrogen and oxygen atoms in total. The highest BCUT2D eigenvalue weighted by atomic mass is 32.1. The average Bonchev–Trinajstić information content (AvgIpc) is 3.42. The fourth-order valence-corrected chi connectivity index (χ4v) is 16.1. The molecule has 0 saturated carbocycles. The van der Waals surface area contributed by atoms with Gasteiger partial charge in [-0.15, -0.1) is 22.7 Å². The minimum atomic E-state index is -2.03. The lowest BCUT2D eigenvalue weighted by atomic mass is 9.97. The number of benzene rings is 2. The highest BCUT2D eigenvalue weighted by Gasteiger charge is 2.47. The Kier molecular flexibility index (Phi) is 4.14. The number of hydrogen-bond acceptors (Lipinski definition) is 6. The maximum Gasteiger partial charge on any atom is 0.139 e. The summed E-state index contributed by atoms with van der Waals surface area (Å²) in [5, 5.41) is 20.6. The number of aliphatic hydroxyl groups is 1. The van der Waals surface area contributed by atoms with Gasteiger partial charge in [0.1, 0.15) is 21.9 Å². The molecule has 2 aromatic heterocycles. The van der Waals surface area contributed by atoms with E-state index in [-0.39, 0.29) is 6.61 Å². The van der Waals surface area contributed by atoms with E-state index < -0.39 is 16.1 Å². The van der Waals surface area contributed by atoms with Crippen molar-refractivity contribution in [1.29, 1.82) is 0 Å². The molecule has 0 fully saturated rings. The Morgan fingerprint density at radius 1 is 0.844 bits per heavy atom. The van der Waals surface area contributed by atoms with Gasteiger partial charge >= 0.3 is 0 Å². The first-order valence-corrected chi connectivity index (χ1v) is 18.5. The molecular formula is C24H26N2O2S2Si2. The first kappa shape index (κ1) is 20.7. The molecule has 0 aliphatic carbocycles. The molecule has 0 unspecified atom stereocenters. The average molecular weight is 495 g/mol. The fourth-order valence-electron chi connectivity index (χ4n) is 5.93. The van der Waals surface area contributed by atoms with Crippen LogP contribution >= 0.6 is 22.7 Å². The molecule has 0 atom stereocenters. The van der Waals surface area contributed by atoms with Gasteiger partial charge in [-0.25, -0.2) is 0 Å². The van der Waals surface area contributed by atoms with Gasteiger partial charge in [0.25, 0.3) is 0 Å². The Balaban J connectivity index is 1.84. The van der Waals surface area contributed by atoms with Crippen LogP contribution in [0.15, 0.2) is 12.1 Å². The monoisotopic (exact) mass is 494 g/mol. The summed E-state index contributed by atoms with van der Waals surface area (Å²) < 4.78 is 6.08. The third kappa shape index (κ3) is 2.34. The molecule has 164 valence electrons. The summed E-state index contributed by atoms with van der Waals surface area (Å²) in [7, 11) is -2.27. The van der Waals surface area contributed by atoms with Crippen LogP contribution in [0.2, 0.25) is 26.2 Å². The molecule has 6 rings (SSSR count). The normalized spacial score (nSPS) is 16.8. The lowest BCUT2D eigenvalue weighted by Gasteiger charge is -2.26. The Morgan fingerprint density at radius 3 is 1.84 bits per heavy atom. The Morgan fingerprint density at radius 2 is 1.34 bits per heavy atom. The van der Waals surface area contributed by atoms with Crippen molar-refractivity contribution in [2.75, 3.05) is 7.11 Å². The molecule has 32 heavy (non-hydrogen) atoms. The fraction of sp³-hybridized carbons (Fsp3) is 0.333. The second kappa shape index (κ2) is 6.39. The minimum Gasteiger partial charge on any atom is -0.496 e. The standard InChI is InChI=1S/C24H26N2O2S2Si2/c1-11-25-23-19(29-11)14-8-13(10-27)17-18(22(14)32(23,6)7)16(28-3)9-15-20-24(26-12(2)30-20)31(4,5)21(15)17/h8-9,27H,10H2,1-7H3. The molecule has 0 spiro atoms. The second-order valence-corrected chi connectivity index (χ2v) is 20.8. The SMILES string of the molecule is COc1cc2c(c3c(CO)cc4c(c13)[Si](C)(C)c1nc(C)sc1-4)[Si](C)(C)c1nc(C)sc1-2. The van der Waals surface area contributed by atoms with Crippen molar-refractivity contribution in [1.82, 2.24) is 9.97 Å². The van der Waals surface area contributed by atoms with Crippen LogP contribution in [0.4, 0.5) is 0 Å². The molecule has 0 radical (unpaired) electrons. The Labute approximate surface area is 198 Å². The summed E-state index contributed by atoms with van der Waals surface area (Å²) in [6, 6.07) is 4.51. The predicted molar refractivity (Wildman–Crippen MR) is 142 cm³/mol. The lowest BCUT2D eigenvalue weighted by Crippen LogP contribution is -2.53. The van der Waals surface area contributed by atoms with Crippen molar-refractivity contribution >= 4 is 70.6 Å². The van der Waals surface area contributed by atoms with E-state index in [0.29, 0.717) is 0 Å². The van der Waals surface area contributed by atoms with Crippen LogP contribution in [0.5, 0.6) is 5.75 Å². The summed E-state index contributed by atoms with van der Waals surface area (Å²) >= 11 is 3.57. The van der Waals surface area contributed by atoms with Gasteiger partial charge in [0.2, 0.25) is 0 Å². The molecule has 8 heteroatoms. The maximum absolute atomic E-state index is 10.6. The van der Waals surface area contributed by atoms with Crippen molar-refractivity contribution in [2.24, 2.45) is 0 Å². The quantitative estimate of drug-likeness (QED) is 0.434. The third-order valence-corrected chi connectivity index (χ3v) is 16.2. The number of thiazole rings is 2. The van der Waals surface area contributed by atoms with Crippen molar-refractivity contribution in [2.45, 2.75) is 46.6 Å². The molecule has 4 heterocycles. The third-order valence-electron chi connectivity index (χ3n) is 7.23. The smallest absolute Gasteiger partial charge is 0.139 e. The van der Waals surface area contributed by atoms with Gasteiger partial charge in [-0.2, -0.15) is 0 Å². The molecule has 4 aromatic rings. The highest BCUT2D eigenvalue weighted by molar-refractivity contribution is 7.22. The van der Waals surface area contributed by atoms with E-state index in [0.717, 1.165) is 21.3 Å². The molecule has 0 saturated heterocycles. The van der Waals surface area contributed by atoms with E-state index >= 15 is 0 Å². The van der Waals surface area contributed by atoms with E-state index in [1.165, 1.54) is 52.7 Å². The van der Waals surface area contributed by atoms with Gasteiger partial charge in [-0.3, -0.25) is 9.97 Å². The lowest BCUT2D eigenvalue weighted by molar-refractivity contribution is 0.283. The number of aromatic nitrogens is 2. The number of aryl methyl sites for hydroxylation is 2. The van der Waals surface area contributed by atoms with Crippen molar-refractivity contribution in [3.8, 4) is 26.6 Å². The predicted octanol–water partition coefficient (Wildman–Crippen LogP) is 3.48. The molecular weight excluding hydrogens is 469 g/mol. The number of hydrogen-bond donors (Lipinski definition) is 1. The van der Waals surface area contributed by atoms with Crippen LogP contribution in [0.25, 0.3) is 31.7 Å². The van der Waals surface area contributed by atoms with E-state index in [1.807, 2.05) is 0 Å². The Bertz CT molecular complexity index is 1370. The first-order chi connectivity index (χ1) is 15.1. The zero-order valence-electron chi connectivity index (χ0n) is 19.4. The summed E-state index contributed by atoms with van der Waals surface area (Å²) in [4.78, 5) is 12.6. The number of fused-ring (bicyclic) bond motifs is 9. The van der Waals surface area contributed by atoms with Gasteiger partial charge in [0.15, 0.2) is 0 Å². The maximum atomic E-state index is 10.6. The summed E-state index contributed by atoms with van der Waals surface area (Å²) in [5.74, 6) is 0.918. The topological polar surface area (TPSA) is 55.2 Å². The number of ether oxygens (including phenoxy) is 1. The highest BCUT2D eigenvalue weighted by Crippen LogP contribution is 2.44. The number of methoxy groups -OCH3 is 1. The molecule has 0 bridgehead atoms. The molecule has 2 aliphatic rings. The van der Waals surface area contributed by atoms with Crippen molar-refractivity contribution < 1.29 is 9.84 Å². The zero-order valence-corrected chi connectivity index (χ0v) is 23.1. The second-order valence-electron chi connectivity index (χ2n) is 9.94. The van der Waals surface area contributed by atoms with Gasteiger partial charge in [-0.1, -0.05) is 26.2 Å². The van der Waals surface area contributed by atoms with Crippen LogP contribution in [0.1, 0.15) is 15.6 Å². The van der Waals surface area contributed by atoms with Crippen LogP contribution in [-0.2, 0) is 6.61 Å². The van der Waals surface area contributed by atoms with Crippen molar-refractivity contribution in [3.05, 3.63) is 27.7 Å². The van der Waals surface area contributed by atoms with Crippen LogP contribution in [-0.4, -0.2) is 38.3 Å². The van der Waals surface area contributed by atoms with E-state index in [1.54, 1.807) is 29.8 Å². The van der Waals surface area contributed by atoms with Crippen LogP contribution in [0.3, 0.4) is 0 Å². The van der Waals surface area contributed by atoms with Crippen LogP contribution in [0, 0.1) is 13.8 Å². The minimum absolute atomic E-state index is 0.0169. The molecule has 2 aromatic carbocycles. The first-order valence-electron chi connectivity index (χ1n) is 10.9. The number of nitrogens with zero attached hydrogens (tertiary/aromatic N) is 2. The van der Waals surface area contributed by atoms with Crippen molar-refractivity contribution in [3.63, 3.8) is 0 Å². The summed E-state index contributed by atoms with van der Waals surface area (Å²) in [5.41, 5.74) is 3.53.